The van der Waals surface area contributed by atoms with Crippen molar-refractivity contribution in [2.75, 3.05) is 31.3 Å². The molecule has 3 N–H and O–H groups in total. The predicted molar refractivity (Wildman–Crippen MR) is 79.6 cm³/mol. The molecule has 0 spiro atoms. The van der Waals surface area contributed by atoms with Crippen LogP contribution in [0, 0.1) is 5.41 Å². The summed E-state index contributed by atoms with van der Waals surface area (Å²) < 4.78 is 5.10. The topological polar surface area (TPSA) is 47.3 Å². The van der Waals surface area contributed by atoms with Crippen molar-refractivity contribution in [3.05, 3.63) is 22.2 Å². The zero-order chi connectivity index (χ0) is 13.8. The van der Waals surface area contributed by atoms with E-state index in [0.717, 1.165) is 25.3 Å². The Balaban J connectivity index is 2.66. The van der Waals surface area contributed by atoms with E-state index in [9.17, 15) is 0 Å². The third-order valence-electron chi connectivity index (χ3n) is 2.83. The number of rotatable bonds is 6. The summed E-state index contributed by atoms with van der Waals surface area (Å²) in [5.41, 5.74) is 7.43. The lowest BCUT2D eigenvalue weighted by atomic mass is 9.89. The van der Waals surface area contributed by atoms with E-state index >= 15 is 0 Å². The van der Waals surface area contributed by atoms with E-state index in [1.54, 1.807) is 19.2 Å². The lowest BCUT2D eigenvalue weighted by Gasteiger charge is -2.25. The number of anilines is 2. The average molecular weight is 291 g/mol. The van der Waals surface area contributed by atoms with Crippen molar-refractivity contribution in [3.8, 4) is 0 Å². The molecule has 3 nitrogen and oxygen atoms in total. The summed E-state index contributed by atoms with van der Waals surface area (Å²) in [4.78, 5) is 0. The normalized spacial score (nSPS) is 11.6. The van der Waals surface area contributed by atoms with Crippen LogP contribution in [0.25, 0.3) is 0 Å². The van der Waals surface area contributed by atoms with Gasteiger partial charge in [-0.2, -0.15) is 0 Å². The Kier molecular flexibility index (Phi) is 5.57. The SMILES string of the molecule is COCCC(C)(C)CNc1cc(Cl)c(Cl)cc1N. The molecule has 1 rings (SSSR count). The van der Waals surface area contributed by atoms with Crippen LogP contribution in [0.2, 0.25) is 10.0 Å². The summed E-state index contributed by atoms with van der Waals surface area (Å²) in [6, 6.07) is 3.42. The molecular formula is C13H20Cl2N2O. The Labute approximate surface area is 119 Å². The van der Waals surface area contributed by atoms with Crippen LogP contribution in [0.15, 0.2) is 12.1 Å². The maximum absolute atomic E-state index is 5.97. The Morgan fingerprint density at radius 1 is 1.28 bits per heavy atom. The number of nitrogen functional groups attached to an aromatic ring is 1. The summed E-state index contributed by atoms with van der Waals surface area (Å²) in [7, 11) is 1.71. The van der Waals surface area contributed by atoms with Gasteiger partial charge in [0, 0.05) is 20.3 Å². The van der Waals surface area contributed by atoms with Crippen molar-refractivity contribution in [2.45, 2.75) is 20.3 Å². The smallest absolute Gasteiger partial charge is 0.0614 e. The predicted octanol–water partition coefficient (Wildman–Crippen LogP) is 4.05. The van der Waals surface area contributed by atoms with Crippen LogP contribution in [0.1, 0.15) is 20.3 Å². The molecule has 0 unspecified atom stereocenters. The number of hydrogen-bond acceptors (Lipinski definition) is 3. The highest BCUT2D eigenvalue weighted by molar-refractivity contribution is 6.42. The largest absolute Gasteiger partial charge is 0.397 e. The Morgan fingerprint density at radius 3 is 2.50 bits per heavy atom. The maximum Gasteiger partial charge on any atom is 0.0614 e. The molecule has 0 atom stereocenters. The van der Waals surface area contributed by atoms with Gasteiger partial charge in [-0.1, -0.05) is 37.0 Å². The van der Waals surface area contributed by atoms with Crippen molar-refractivity contribution in [2.24, 2.45) is 5.41 Å². The molecule has 102 valence electrons. The molecule has 5 heteroatoms. The van der Waals surface area contributed by atoms with Gasteiger partial charge in [-0.05, 0) is 24.0 Å². The van der Waals surface area contributed by atoms with Gasteiger partial charge in [0.2, 0.25) is 0 Å². The number of benzene rings is 1. The monoisotopic (exact) mass is 290 g/mol. The second-order valence-corrected chi connectivity index (χ2v) is 5.93. The van der Waals surface area contributed by atoms with Gasteiger partial charge in [-0.25, -0.2) is 0 Å². The van der Waals surface area contributed by atoms with Crippen LogP contribution in [0.3, 0.4) is 0 Å². The number of methoxy groups -OCH3 is 1. The van der Waals surface area contributed by atoms with Gasteiger partial charge in [0.1, 0.15) is 0 Å². The van der Waals surface area contributed by atoms with E-state index in [4.69, 9.17) is 33.7 Å². The fourth-order valence-electron chi connectivity index (χ4n) is 1.52. The van der Waals surface area contributed by atoms with Crippen LogP contribution in [-0.2, 0) is 4.74 Å². The molecule has 0 aliphatic rings. The van der Waals surface area contributed by atoms with Crippen molar-refractivity contribution in [3.63, 3.8) is 0 Å². The molecule has 1 aromatic carbocycles. The van der Waals surface area contributed by atoms with Crippen LogP contribution < -0.4 is 11.1 Å². The van der Waals surface area contributed by atoms with Crippen molar-refractivity contribution < 1.29 is 4.74 Å². The second-order valence-electron chi connectivity index (χ2n) is 5.11. The molecule has 0 aliphatic carbocycles. The summed E-state index contributed by atoms with van der Waals surface area (Å²) in [6.45, 7) is 5.88. The number of nitrogens with two attached hydrogens (primary N) is 1. The lowest BCUT2D eigenvalue weighted by Crippen LogP contribution is -2.25. The standard InChI is InChI=1S/C13H20Cl2N2O/c1-13(2,4-5-18-3)8-17-12-7-10(15)9(14)6-11(12)16/h6-7,17H,4-5,8,16H2,1-3H3. The Bertz CT molecular complexity index is 408. The summed E-state index contributed by atoms with van der Waals surface area (Å²) in [5.74, 6) is 0. The summed E-state index contributed by atoms with van der Waals surface area (Å²) in [6.07, 6.45) is 0.970. The first-order valence-corrected chi connectivity index (χ1v) is 6.58. The van der Waals surface area contributed by atoms with Gasteiger partial charge >= 0.3 is 0 Å². The molecule has 0 saturated heterocycles. The third kappa shape index (κ3) is 4.56. The number of nitrogens with one attached hydrogen (secondary N) is 1. The minimum Gasteiger partial charge on any atom is -0.397 e. The van der Waals surface area contributed by atoms with Gasteiger partial charge in [0.05, 0.1) is 21.4 Å². The fourth-order valence-corrected chi connectivity index (χ4v) is 1.85. The maximum atomic E-state index is 5.97. The van der Waals surface area contributed by atoms with Crippen LogP contribution >= 0.6 is 23.2 Å². The van der Waals surface area contributed by atoms with Crippen molar-refractivity contribution >= 4 is 34.6 Å². The highest BCUT2D eigenvalue weighted by Crippen LogP contribution is 2.31. The van der Waals surface area contributed by atoms with Gasteiger partial charge in [-0.15, -0.1) is 0 Å². The molecule has 18 heavy (non-hydrogen) atoms. The van der Waals surface area contributed by atoms with Crippen molar-refractivity contribution in [1.82, 2.24) is 0 Å². The number of ether oxygens (including phenoxy) is 1. The zero-order valence-corrected chi connectivity index (χ0v) is 12.5. The molecule has 0 amide bonds. The van der Waals surface area contributed by atoms with Gasteiger partial charge < -0.3 is 15.8 Å². The van der Waals surface area contributed by atoms with Gasteiger partial charge in [-0.3, -0.25) is 0 Å². The second kappa shape index (κ2) is 6.50. The van der Waals surface area contributed by atoms with E-state index in [-0.39, 0.29) is 5.41 Å². The van der Waals surface area contributed by atoms with Crippen LogP contribution in [0.5, 0.6) is 0 Å². The van der Waals surface area contributed by atoms with E-state index in [2.05, 4.69) is 19.2 Å². The minimum absolute atomic E-state index is 0.120. The minimum atomic E-state index is 0.120. The molecule has 0 fully saturated rings. The molecule has 0 radical (unpaired) electrons. The third-order valence-corrected chi connectivity index (χ3v) is 3.55. The highest BCUT2D eigenvalue weighted by Gasteiger charge is 2.18. The molecule has 0 saturated carbocycles. The van der Waals surface area contributed by atoms with E-state index in [0.29, 0.717) is 15.7 Å². The van der Waals surface area contributed by atoms with E-state index in [1.165, 1.54) is 0 Å². The first-order chi connectivity index (χ1) is 8.35. The molecule has 0 aliphatic heterocycles. The van der Waals surface area contributed by atoms with Gasteiger partial charge in [0.25, 0.3) is 0 Å². The molecule has 0 heterocycles. The number of hydrogen-bond donors (Lipinski definition) is 2. The Hall–Kier alpha value is -0.640. The molecule has 1 aromatic rings. The first kappa shape index (κ1) is 15.4. The Morgan fingerprint density at radius 2 is 1.89 bits per heavy atom. The van der Waals surface area contributed by atoms with Crippen LogP contribution in [0.4, 0.5) is 11.4 Å². The summed E-state index contributed by atoms with van der Waals surface area (Å²) in [5, 5.41) is 4.28. The molecule has 0 bridgehead atoms. The van der Waals surface area contributed by atoms with Gasteiger partial charge in [0.15, 0.2) is 0 Å². The van der Waals surface area contributed by atoms with E-state index in [1.807, 2.05) is 0 Å². The lowest BCUT2D eigenvalue weighted by molar-refractivity contribution is 0.157. The molecular weight excluding hydrogens is 271 g/mol. The zero-order valence-electron chi connectivity index (χ0n) is 11.0. The molecule has 0 aromatic heterocycles. The van der Waals surface area contributed by atoms with Crippen LogP contribution in [-0.4, -0.2) is 20.3 Å². The average Bonchev–Trinajstić information content (AvgIpc) is 2.30. The quantitative estimate of drug-likeness (QED) is 0.777. The van der Waals surface area contributed by atoms with Crippen molar-refractivity contribution in [1.29, 1.82) is 0 Å². The van der Waals surface area contributed by atoms with E-state index < -0.39 is 0 Å². The number of halogens is 2. The first-order valence-electron chi connectivity index (χ1n) is 5.83. The summed E-state index contributed by atoms with van der Waals surface area (Å²) >= 11 is 11.9. The highest BCUT2D eigenvalue weighted by atomic mass is 35.5. The fraction of sp³-hybridized carbons (Fsp3) is 0.538.